The number of nitrogens with one attached hydrogen (secondary N) is 1. The Bertz CT molecular complexity index is 1100. The SMILES string of the molecule is O=C(CN1C(=O)[C@H]2CCCCN2c2ccc(C(=O)N3CCOCC3)cc21)Nc1ccc(Cl)cc1. The number of rotatable bonds is 4. The Kier molecular flexibility index (Phi) is 6.43. The van der Waals surface area contributed by atoms with E-state index in [2.05, 4.69) is 10.2 Å². The number of halogens is 1. The Morgan fingerprint density at radius 1 is 1.00 bits per heavy atom. The number of hydrogen-bond acceptors (Lipinski definition) is 5. The van der Waals surface area contributed by atoms with E-state index in [0.29, 0.717) is 48.3 Å². The van der Waals surface area contributed by atoms with E-state index in [0.717, 1.165) is 31.5 Å². The number of benzene rings is 2. The van der Waals surface area contributed by atoms with Crippen molar-refractivity contribution in [2.45, 2.75) is 25.3 Å². The lowest BCUT2D eigenvalue weighted by Gasteiger charge is -2.45. The van der Waals surface area contributed by atoms with Gasteiger partial charge in [-0.15, -0.1) is 0 Å². The van der Waals surface area contributed by atoms with Crippen molar-refractivity contribution >= 4 is 46.4 Å². The molecule has 2 aromatic carbocycles. The van der Waals surface area contributed by atoms with Crippen LogP contribution in [0.1, 0.15) is 29.6 Å². The van der Waals surface area contributed by atoms with Gasteiger partial charge < -0.3 is 19.9 Å². The third kappa shape index (κ3) is 4.48. The van der Waals surface area contributed by atoms with Gasteiger partial charge >= 0.3 is 0 Å². The molecule has 0 aliphatic carbocycles. The van der Waals surface area contributed by atoms with Crippen molar-refractivity contribution in [3.05, 3.63) is 53.1 Å². The summed E-state index contributed by atoms with van der Waals surface area (Å²) in [5.74, 6) is -0.505. The van der Waals surface area contributed by atoms with Gasteiger partial charge in [-0.2, -0.15) is 0 Å². The van der Waals surface area contributed by atoms with Crippen molar-refractivity contribution in [1.29, 1.82) is 0 Å². The first-order chi connectivity index (χ1) is 16.5. The number of carbonyl (C=O) groups excluding carboxylic acids is 3. The van der Waals surface area contributed by atoms with Crippen molar-refractivity contribution in [2.75, 3.05) is 54.5 Å². The fourth-order valence-electron chi connectivity index (χ4n) is 4.88. The summed E-state index contributed by atoms with van der Waals surface area (Å²) in [6.07, 6.45) is 2.73. The van der Waals surface area contributed by atoms with Gasteiger partial charge in [0, 0.05) is 35.9 Å². The van der Waals surface area contributed by atoms with Gasteiger partial charge in [0.1, 0.15) is 12.6 Å². The van der Waals surface area contributed by atoms with E-state index < -0.39 is 0 Å². The summed E-state index contributed by atoms with van der Waals surface area (Å²) in [7, 11) is 0. The lowest BCUT2D eigenvalue weighted by atomic mass is 9.95. The maximum absolute atomic E-state index is 13.5. The van der Waals surface area contributed by atoms with Gasteiger partial charge in [0.15, 0.2) is 0 Å². The van der Waals surface area contributed by atoms with Crippen LogP contribution in [0, 0.1) is 0 Å². The van der Waals surface area contributed by atoms with Crippen LogP contribution in [0.3, 0.4) is 0 Å². The summed E-state index contributed by atoms with van der Waals surface area (Å²) >= 11 is 5.93. The van der Waals surface area contributed by atoms with E-state index in [9.17, 15) is 14.4 Å². The molecule has 0 unspecified atom stereocenters. The van der Waals surface area contributed by atoms with E-state index in [-0.39, 0.29) is 30.3 Å². The minimum absolute atomic E-state index is 0.0927. The fraction of sp³-hybridized carbons (Fsp3) is 0.400. The number of morpholine rings is 1. The lowest BCUT2D eigenvalue weighted by molar-refractivity contribution is -0.123. The summed E-state index contributed by atoms with van der Waals surface area (Å²) in [6, 6.07) is 12.0. The molecule has 0 spiro atoms. The Morgan fingerprint density at radius 3 is 2.53 bits per heavy atom. The number of fused-ring (bicyclic) bond motifs is 3. The number of carbonyl (C=O) groups is 3. The van der Waals surface area contributed by atoms with Gasteiger partial charge in [-0.1, -0.05) is 11.6 Å². The molecule has 8 nitrogen and oxygen atoms in total. The van der Waals surface area contributed by atoms with E-state index in [1.807, 2.05) is 12.1 Å². The van der Waals surface area contributed by atoms with E-state index in [4.69, 9.17) is 16.3 Å². The number of hydrogen-bond donors (Lipinski definition) is 1. The molecule has 2 aromatic rings. The molecule has 3 heterocycles. The highest BCUT2D eigenvalue weighted by atomic mass is 35.5. The van der Waals surface area contributed by atoms with Crippen LogP contribution in [0.5, 0.6) is 0 Å². The van der Waals surface area contributed by atoms with Crippen molar-refractivity contribution in [3.63, 3.8) is 0 Å². The Labute approximate surface area is 203 Å². The molecular weight excluding hydrogens is 456 g/mol. The monoisotopic (exact) mass is 482 g/mol. The summed E-state index contributed by atoms with van der Waals surface area (Å²) in [5.41, 5.74) is 2.61. The number of anilines is 3. The Balaban J connectivity index is 1.44. The first-order valence-electron chi connectivity index (χ1n) is 11.7. The molecule has 0 bridgehead atoms. The molecule has 1 N–H and O–H groups in total. The van der Waals surface area contributed by atoms with Crippen LogP contribution in [0.2, 0.25) is 5.02 Å². The first-order valence-corrected chi connectivity index (χ1v) is 12.0. The lowest BCUT2D eigenvalue weighted by Crippen LogP contribution is -2.56. The molecule has 0 saturated carbocycles. The molecule has 2 fully saturated rings. The van der Waals surface area contributed by atoms with Gasteiger partial charge in [-0.3, -0.25) is 19.3 Å². The van der Waals surface area contributed by atoms with Crippen LogP contribution in [-0.2, 0) is 14.3 Å². The topological polar surface area (TPSA) is 82.2 Å². The van der Waals surface area contributed by atoms with Crippen LogP contribution in [0.15, 0.2) is 42.5 Å². The highest BCUT2D eigenvalue weighted by molar-refractivity contribution is 6.30. The molecular formula is C25H27ClN4O4. The largest absolute Gasteiger partial charge is 0.378 e. The molecule has 9 heteroatoms. The van der Waals surface area contributed by atoms with E-state index in [1.165, 1.54) is 4.90 Å². The van der Waals surface area contributed by atoms with Gasteiger partial charge in [-0.25, -0.2) is 0 Å². The number of ether oxygens (including phenoxy) is 1. The van der Waals surface area contributed by atoms with Gasteiger partial charge in [0.05, 0.1) is 24.6 Å². The maximum atomic E-state index is 13.5. The van der Waals surface area contributed by atoms with Crippen LogP contribution in [-0.4, -0.2) is 68.1 Å². The molecule has 3 aliphatic heterocycles. The van der Waals surface area contributed by atoms with Crippen molar-refractivity contribution in [2.24, 2.45) is 0 Å². The van der Waals surface area contributed by atoms with Gasteiger partial charge in [-0.05, 0) is 61.7 Å². The summed E-state index contributed by atoms with van der Waals surface area (Å²) < 4.78 is 5.36. The third-order valence-corrected chi connectivity index (χ3v) is 6.86. The number of amides is 3. The van der Waals surface area contributed by atoms with Gasteiger partial charge in [0.2, 0.25) is 11.8 Å². The predicted octanol–water partition coefficient (Wildman–Crippen LogP) is 3.16. The highest BCUT2D eigenvalue weighted by Gasteiger charge is 2.40. The van der Waals surface area contributed by atoms with Crippen LogP contribution in [0.25, 0.3) is 0 Å². The van der Waals surface area contributed by atoms with Crippen molar-refractivity contribution in [1.82, 2.24) is 4.90 Å². The molecule has 1 atom stereocenters. The predicted molar refractivity (Wildman–Crippen MR) is 131 cm³/mol. The molecule has 0 aromatic heterocycles. The standard InChI is InChI=1S/C25H27ClN4O4/c26-18-5-7-19(8-6-18)27-23(31)16-30-22-15-17(24(32)28-11-13-34-14-12-28)4-9-20(22)29-10-2-1-3-21(29)25(30)33/h4-9,15,21H,1-3,10-14,16H2,(H,27,31)/t21-/m1/s1. The minimum atomic E-state index is -0.309. The molecule has 3 aliphatic rings. The number of nitrogens with zero attached hydrogens (tertiary/aromatic N) is 3. The van der Waals surface area contributed by atoms with Crippen LogP contribution < -0.4 is 15.1 Å². The second-order valence-electron chi connectivity index (χ2n) is 8.79. The van der Waals surface area contributed by atoms with E-state index in [1.54, 1.807) is 35.2 Å². The highest BCUT2D eigenvalue weighted by Crippen LogP contribution is 2.40. The Morgan fingerprint density at radius 2 is 1.76 bits per heavy atom. The second-order valence-corrected chi connectivity index (χ2v) is 9.23. The van der Waals surface area contributed by atoms with Crippen LogP contribution in [0.4, 0.5) is 17.1 Å². The molecule has 0 radical (unpaired) electrons. The van der Waals surface area contributed by atoms with Crippen molar-refractivity contribution < 1.29 is 19.1 Å². The molecule has 5 rings (SSSR count). The smallest absolute Gasteiger partial charge is 0.254 e. The molecule has 178 valence electrons. The quantitative estimate of drug-likeness (QED) is 0.724. The molecule has 34 heavy (non-hydrogen) atoms. The zero-order valence-electron chi connectivity index (χ0n) is 18.8. The minimum Gasteiger partial charge on any atom is -0.378 e. The molecule has 3 amide bonds. The maximum Gasteiger partial charge on any atom is 0.254 e. The zero-order valence-corrected chi connectivity index (χ0v) is 19.6. The zero-order chi connectivity index (χ0) is 23.7. The normalized spacial score (nSPS) is 20.0. The summed E-state index contributed by atoms with van der Waals surface area (Å²) in [5, 5.41) is 3.41. The van der Waals surface area contributed by atoms with E-state index >= 15 is 0 Å². The Hall–Kier alpha value is -3.10. The second kappa shape index (κ2) is 9.64. The third-order valence-electron chi connectivity index (χ3n) is 6.60. The summed E-state index contributed by atoms with van der Waals surface area (Å²) in [6.45, 7) is 2.76. The fourth-order valence-corrected chi connectivity index (χ4v) is 5.01. The van der Waals surface area contributed by atoms with Crippen molar-refractivity contribution in [3.8, 4) is 0 Å². The number of piperidine rings is 1. The first kappa shape index (κ1) is 22.7. The van der Waals surface area contributed by atoms with Gasteiger partial charge in [0.25, 0.3) is 5.91 Å². The van der Waals surface area contributed by atoms with Crippen LogP contribution >= 0.6 is 11.6 Å². The summed E-state index contributed by atoms with van der Waals surface area (Å²) in [4.78, 5) is 44.9. The average Bonchev–Trinajstić information content (AvgIpc) is 2.87. The average molecular weight is 483 g/mol. The molecule has 2 saturated heterocycles.